The van der Waals surface area contributed by atoms with Gasteiger partial charge >= 0.3 is 0 Å². The Morgan fingerprint density at radius 1 is 0.885 bits per heavy atom. The second kappa shape index (κ2) is 7.40. The molecule has 0 aliphatic rings. The van der Waals surface area contributed by atoms with E-state index < -0.39 is 0 Å². The molecular weight excluding hydrogens is 390 g/mol. The molecule has 0 spiro atoms. The van der Waals surface area contributed by atoms with E-state index in [1.807, 2.05) is 24.3 Å². The molecule has 0 aliphatic carbocycles. The summed E-state index contributed by atoms with van der Waals surface area (Å²) < 4.78 is 6.83. The third kappa shape index (κ3) is 3.84. The Labute approximate surface area is 160 Å². The van der Waals surface area contributed by atoms with Crippen molar-refractivity contribution in [1.82, 2.24) is 15.1 Å². The van der Waals surface area contributed by atoms with E-state index in [2.05, 4.69) is 80.5 Å². The van der Waals surface area contributed by atoms with E-state index >= 15 is 0 Å². The van der Waals surface area contributed by atoms with Gasteiger partial charge in [0.15, 0.2) is 0 Å². The standard InChI is InChI=1S/C21H18BrN3O/c1-25(13-15-6-7-16-4-2-3-5-18(16)12-15)14-20-23-24-21(26-20)17-8-10-19(22)11-9-17/h2-12H,13-14H2,1H3. The molecule has 4 aromatic rings. The highest BCUT2D eigenvalue weighted by atomic mass is 79.9. The minimum atomic E-state index is 0.548. The first kappa shape index (κ1) is 16.9. The van der Waals surface area contributed by atoms with Gasteiger partial charge in [-0.25, -0.2) is 0 Å². The van der Waals surface area contributed by atoms with Crippen LogP contribution < -0.4 is 0 Å². The second-order valence-corrected chi connectivity index (χ2v) is 7.28. The van der Waals surface area contributed by atoms with Gasteiger partial charge in [0.25, 0.3) is 0 Å². The molecule has 0 amide bonds. The van der Waals surface area contributed by atoms with E-state index in [4.69, 9.17) is 4.42 Å². The summed E-state index contributed by atoms with van der Waals surface area (Å²) in [5.41, 5.74) is 2.18. The molecule has 0 radical (unpaired) electrons. The van der Waals surface area contributed by atoms with E-state index in [0.29, 0.717) is 18.3 Å². The molecule has 26 heavy (non-hydrogen) atoms. The van der Waals surface area contributed by atoms with Crippen molar-refractivity contribution in [2.45, 2.75) is 13.1 Å². The van der Waals surface area contributed by atoms with E-state index in [1.165, 1.54) is 16.3 Å². The molecule has 0 aliphatic heterocycles. The van der Waals surface area contributed by atoms with Crippen LogP contribution in [0.4, 0.5) is 0 Å². The first-order valence-corrected chi connectivity index (χ1v) is 9.21. The Balaban J connectivity index is 1.44. The molecule has 0 N–H and O–H groups in total. The van der Waals surface area contributed by atoms with Gasteiger partial charge in [0.05, 0.1) is 6.54 Å². The number of benzene rings is 3. The van der Waals surface area contributed by atoms with Gasteiger partial charge in [0.1, 0.15) is 0 Å². The number of hydrogen-bond donors (Lipinski definition) is 0. The lowest BCUT2D eigenvalue weighted by Crippen LogP contribution is -2.17. The summed E-state index contributed by atoms with van der Waals surface area (Å²) in [5.74, 6) is 1.16. The van der Waals surface area contributed by atoms with Gasteiger partial charge in [-0.2, -0.15) is 0 Å². The molecule has 130 valence electrons. The molecule has 0 saturated carbocycles. The number of fused-ring (bicyclic) bond motifs is 1. The second-order valence-electron chi connectivity index (χ2n) is 6.36. The molecule has 4 rings (SSSR count). The van der Waals surface area contributed by atoms with Gasteiger partial charge in [-0.3, -0.25) is 4.90 Å². The largest absolute Gasteiger partial charge is 0.419 e. The smallest absolute Gasteiger partial charge is 0.247 e. The lowest BCUT2D eigenvalue weighted by molar-refractivity contribution is 0.283. The number of hydrogen-bond acceptors (Lipinski definition) is 4. The van der Waals surface area contributed by atoms with Crippen LogP contribution in [0.2, 0.25) is 0 Å². The van der Waals surface area contributed by atoms with Crippen LogP contribution in [0.5, 0.6) is 0 Å². The molecule has 0 saturated heterocycles. The molecule has 3 aromatic carbocycles. The van der Waals surface area contributed by atoms with Gasteiger partial charge in [-0.15, -0.1) is 10.2 Å². The Morgan fingerprint density at radius 3 is 2.46 bits per heavy atom. The van der Waals surface area contributed by atoms with Crippen LogP contribution in [0.25, 0.3) is 22.2 Å². The number of halogens is 1. The van der Waals surface area contributed by atoms with Gasteiger partial charge in [0.2, 0.25) is 11.8 Å². The van der Waals surface area contributed by atoms with Gasteiger partial charge in [-0.1, -0.05) is 52.3 Å². The van der Waals surface area contributed by atoms with Crippen LogP contribution in [-0.2, 0) is 13.1 Å². The van der Waals surface area contributed by atoms with E-state index in [1.54, 1.807) is 0 Å². The topological polar surface area (TPSA) is 42.2 Å². The third-order valence-corrected chi connectivity index (χ3v) is 4.76. The monoisotopic (exact) mass is 407 g/mol. The third-order valence-electron chi connectivity index (χ3n) is 4.23. The summed E-state index contributed by atoms with van der Waals surface area (Å²) >= 11 is 3.43. The molecule has 1 heterocycles. The Morgan fingerprint density at radius 2 is 1.65 bits per heavy atom. The van der Waals surface area contributed by atoms with Crippen LogP contribution in [0, 0.1) is 0 Å². The summed E-state index contributed by atoms with van der Waals surface area (Å²) in [6, 6.07) is 22.8. The molecule has 0 atom stereocenters. The predicted octanol–water partition coefficient (Wildman–Crippen LogP) is 5.28. The fraction of sp³-hybridized carbons (Fsp3) is 0.143. The lowest BCUT2D eigenvalue weighted by atomic mass is 10.1. The molecule has 4 nitrogen and oxygen atoms in total. The van der Waals surface area contributed by atoms with Crippen molar-refractivity contribution >= 4 is 26.7 Å². The predicted molar refractivity (Wildman–Crippen MR) is 107 cm³/mol. The average molecular weight is 408 g/mol. The number of rotatable bonds is 5. The summed E-state index contributed by atoms with van der Waals surface area (Å²) in [6.07, 6.45) is 0. The van der Waals surface area contributed by atoms with Crippen molar-refractivity contribution in [1.29, 1.82) is 0 Å². The SMILES string of the molecule is CN(Cc1ccc2ccccc2c1)Cc1nnc(-c2ccc(Br)cc2)o1. The van der Waals surface area contributed by atoms with E-state index in [9.17, 15) is 0 Å². The lowest BCUT2D eigenvalue weighted by Gasteiger charge is -2.14. The summed E-state index contributed by atoms with van der Waals surface area (Å²) in [6.45, 7) is 1.43. The Kier molecular flexibility index (Phi) is 4.82. The first-order chi connectivity index (χ1) is 12.7. The summed E-state index contributed by atoms with van der Waals surface area (Å²) in [5, 5.41) is 10.9. The number of aromatic nitrogens is 2. The van der Waals surface area contributed by atoms with Crippen LogP contribution in [-0.4, -0.2) is 22.1 Å². The van der Waals surface area contributed by atoms with Crippen LogP contribution in [0.3, 0.4) is 0 Å². The zero-order valence-electron chi connectivity index (χ0n) is 14.4. The molecule has 5 heteroatoms. The van der Waals surface area contributed by atoms with Crippen molar-refractivity contribution in [2.24, 2.45) is 0 Å². The van der Waals surface area contributed by atoms with E-state index in [0.717, 1.165) is 16.6 Å². The molecule has 1 aromatic heterocycles. The van der Waals surface area contributed by atoms with Crippen molar-refractivity contribution < 1.29 is 4.42 Å². The molecule has 0 bridgehead atoms. The highest BCUT2D eigenvalue weighted by Gasteiger charge is 2.11. The molecule has 0 unspecified atom stereocenters. The van der Waals surface area contributed by atoms with Crippen molar-refractivity contribution in [3.05, 3.63) is 82.7 Å². The molecule has 0 fully saturated rings. The summed E-state index contributed by atoms with van der Waals surface area (Å²) in [4.78, 5) is 2.17. The zero-order valence-corrected chi connectivity index (χ0v) is 16.0. The highest BCUT2D eigenvalue weighted by Crippen LogP contribution is 2.21. The van der Waals surface area contributed by atoms with Crippen LogP contribution in [0.1, 0.15) is 11.5 Å². The zero-order chi connectivity index (χ0) is 17.9. The normalized spacial score (nSPS) is 11.3. The maximum absolute atomic E-state index is 5.81. The fourth-order valence-corrected chi connectivity index (χ4v) is 3.23. The quantitative estimate of drug-likeness (QED) is 0.450. The minimum absolute atomic E-state index is 0.548. The van der Waals surface area contributed by atoms with Crippen LogP contribution in [0.15, 0.2) is 75.6 Å². The van der Waals surface area contributed by atoms with Gasteiger partial charge < -0.3 is 4.42 Å². The van der Waals surface area contributed by atoms with Crippen molar-refractivity contribution in [3.63, 3.8) is 0 Å². The maximum Gasteiger partial charge on any atom is 0.247 e. The average Bonchev–Trinajstić information content (AvgIpc) is 3.10. The van der Waals surface area contributed by atoms with Gasteiger partial charge in [0, 0.05) is 16.6 Å². The minimum Gasteiger partial charge on any atom is -0.419 e. The summed E-state index contributed by atoms with van der Waals surface area (Å²) in [7, 11) is 2.05. The Hall–Kier alpha value is -2.50. The highest BCUT2D eigenvalue weighted by molar-refractivity contribution is 9.10. The van der Waals surface area contributed by atoms with Gasteiger partial charge in [-0.05, 0) is 53.7 Å². The molecular formula is C21H18BrN3O. The first-order valence-electron chi connectivity index (χ1n) is 8.42. The van der Waals surface area contributed by atoms with Crippen LogP contribution >= 0.6 is 15.9 Å². The fourth-order valence-electron chi connectivity index (χ4n) is 2.96. The maximum atomic E-state index is 5.81. The van der Waals surface area contributed by atoms with Crippen molar-refractivity contribution in [2.75, 3.05) is 7.05 Å². The van der Waals surface area contributed by atoms with Crippen molar-refractivity contribution in [3.8, 4) is 11.5 Å². The Bertz CT molecular complexity index is 1030. The number of nitrogens with zero attached hydrogens (tertiary/aromatic N) is 3. The van der Waals surface area contributed by atoms with E-state index in [-0.39, 0.29) is 0 Å².